The van der Waals surface area contributed by atoms with Crippen molar-refractivity contribution < 1.29 is 19.2 Å². The molecule has 0 saturated carbocycles. The van der Waals surface area contributed by atoms with Crippen LogP contribution in [0.2, 0.25) is 0 Å². The molecule has 0 radical (unpaired) electrons. The van der Waals surface area contributed by atoms with Gasteiger partial charge in [-0.3, -0.25) is 10.1 Å². The number of nitro benzene ring substituents is 1. The lowest BCUT2D eigenvalue weighted by Crippen LogP contribution is -2.34. The van der Waals surface area contributed by atoms with Gasteiger partial charge in [0.1, 0.15) is 5.70 Å². The molecule has 1 N–H and O–H groups in total. The minimum absolute atomic E-state index is 0.109. The van der Waals surface area contributed by atoms with Crippen molar-refractivity contribution in [3.63, 3.8) is 0 Å². The molecule has 2 heterocycles. The second-order valence-electron chi connectivity index (χ2n) is 5.30. The van der Waals surface area contributed by atoms with E-state index in [0.717, 1.165) is 11.3 Å². The summed E-state index contributed by atoms with van der Waals surface area (Å²) < 4.78 is 10.2. The van der Waals surface area contributed by atoms with E-state index in [1.807, 2.05) is 4.90 Å². The lowest BCUT2D eigenvalue weighted by Gasteiger charge is -2.31. The smallest absolute Gasteiger partial charge is 0.356 e. The van der Waals surface area contributed by atoms with Gasteiger partial charge in [-0.25, -0.2) is 4.79 Å². The molecule has 0 spiro atoms. The van der Waals surface area contributed by atoms with E-state index in [1.54, 1.807) is 13.0 Å². The normalized spacial score (nSPS) is 18.6. The summed E-state index contributed by atoms with van der Waals surface area (Å²) in [5.74, 6) is -0.194. The minimum atomic E-state index is -0.476. The number of hydrogen-bond acceptors (Lipinski definition) is 7. The number of nitrogens with zero attached hydrogens (tertiary/aromatic N) is 2. The Morgan fingerprint density at radius 3 is 2.88 bits per heavy atom. The van der Waals surface area contributed by atoms with Crippen molar-refractivity contribution in [1.82, 2.24) is 5.32 Å². The van der Waals surface area contributed by atoms with Crippen LogP contribution in [0.15, 0.2) is 23.5 Å². The zero-order valence-corrected chi connectivity index (χ0v) is 14.8. The van der Waals surface area contributed by atoms with Gasteiger partial charge in [0.05, 0.1) is 30.0 Å². The number of benzene rings is 1. The highest BCUT2D eigenvalue weighted by molar-refractivity contribution is 9.09. The fraction of sp³-hybridized carbons (Fsp3) is 0.400. The Bertz CT molecular complexity index is 749. The van der Waals surface area contributed by atoms with Gasteiger partial charge in [-0.2, -0.15) is 0 Å². The maximum Gasteiger partial charge on any atom is 0.356 e. The summed E-state index contributed by atoms with van der Waals surface area (Å²) >= 11 is 3.47. The van der Waals surface area contributed by atoms with Gasteiger partial charge in [-0.05, 0) is 47.3 Å². The van der Waals surface area contributed by atoms with Crippen LogP contribution in [-0.4, -0.2) is 29.7 Å². The third-order valence-corrected chi connectivity index (χ3v) is 4.65. The lowest BCUT2D eigenvalue weighted by atomic mass is 9.98. The summed E-state index contributed by atoms with van der Waals surface area (Å²) in [5, 5.41) is 14.0. The summed E-state index contributed by atoms with van der Waals surface area (Å²) in [6.07, 6.45) is 1.27. The standard InChI is InChI=1S/C15H16BrN3O5/c1-3-24-14(20)13-9-5-4-8-6-12(23-2)11(19(21)22)7-10(8)18(9)15(16)17-13/h6-7,15,17H,3-5H2,1-2H3. The Labute approximate surface area is 146 Å². The van der Waals surface area contributed by atoms with Crippen LogP contribution in [0.1, 0.15) is 18.9 Å². The monoisotopic (exact) mass is 397 g/mol. The topological polar surface area (TPSA) is 93.9 Å². The Kier molecular flexibility index (Phi) is 4.35. The molecule has 1 aromatic rings. The number of nitrogens with one attached hydrogen (secondary N) is 1. The van der Waals surface area contributed by atoms with Crippen LogP contribution in [0.4, 0.5) is 11.4 Å². The van der Waals surface area contributed by atoms with Crippen molar-refractivity contribution in [3.05, 3.63) is 39.2 Å². The predicted octanol–water partition coefficient (Wildman–Crippen LogP) is 2.41. The van der Waals surface area contributed by atoms with Gasteiger partial charge in [0, 0.05) is 6.07 Å². The summed E-state index contributed by atoms with van der Waals surface area (Å²) in [5.41, 5.74) is 2.65. The van der Waals surface area contributed by atoms with Crippen LogP contribution in [0.5, 0.6) is 5.75 Å². The van der Waals surface area contributed by atoms with Crippen LogP contribution in [0, 0.1) is 10.1 Å². The first-order valence-electron chi connectivity index (χ1n) is 7.43. The molecule has 0 aromatic heterocycles. The molecule has 0 amide bonds. The fourth-order valence-corrected chi connectivity index (χ4v) is 3.70. The van der Waals surface area contributed by atoms with E-state index < -0.39 is 10.9 Å². The molecule has 0 fully saturated rings. The Hall–Kier alpha value is -2.29. The molecule has 0 bridgehead atoms. The number of esters is 1. The third kappa shape index (κ3) is 2.58. The van der Waals surface area contributed by atoms with Gasteiger partial charge in [0.2, 0.25) is 0 Å². The number of alkyl halides is 1. The van der Waals surface area contributed by atoms with Gasteiger partial charge in [-0.15, -0.1) is 0 Å². The summed E-state index contributed by atoms with van der Waals surface area (Å²) in [4.78, 5) is 24.8. The van der Waals surface area contributed by atoms with E-state index in [-0.39, 0.29) is 23.1 Å². The van der Waals surface area contributed by atoms with E-state index >= 15 is 0 Å². The van der Waals surface area contributed by atoms with Crippen molar-refractivity contribution in [2.75, 3.05) is 18.6 Å². The maximum absolute atomic E-state index is 12.1. The van der Waals surface area contributed by atoms with Gasteiger partial charge in [-0.1, -0.05) is 0 Å². The molecule has 1 aromatic carbocycles. The average Bonchev–Trinajstić information content (AvgIpc) is 2.91. The molecule has 3 rings (SSSR count). The summed E-state index contributed by atoms with van der Waals surface area (Å²) in [6, 6.07) is 3.17. The third-order valence-electron chi connectivity index (χ3n) is 4.02. The van der Waals surface area contributed by atoms with Crippen molar-refractivity contribution >= 4 is 33.3 Å². The van der Waals surface area contributed by atoms with Crippen molar-refractivity contribution in [1.29, 1.82) is 0 Å². The van der Waals surface area contributed by atoms with E-state index in [4.69, 9.17) is 9.47 Å². The number of methoxy groups -OCH3 is 1. The number of aryl methyl sites for hydroxylation is 1. The molecule has 1 atom stereocenters. The molecule has 2 aliphatic rings. The van der Waals surface area contributed by atoms with Gasteiger partial charge < -0.3 is 19.7 Å². The lowest BCUT2D eigenvalue weighted by molar-refractivity contribution is -0.385. The molecular weight excluding hydrogens is 382 g/mol. The molecular formula is C15H16BrN3O5. The summed E-state index contributed by atoms with van der Waals surface area (Å²) in [6.45, 7) is 2.02. The van der Waals surface area contributed by atoms with E-state index in [0.29, 0.717) is 24.2 Å². The first-order chi connectivity index (χ1) is 11.5. The molecule has 8 nitrogen and oxygen atoms in total. The maximum atomic E-state index is 12.1. The number of ether oxygens (including phenoxy) is 2. The van der Waals surface area contributed by atoms with Crippen molar-refractivity contribution in [2.24, 2.45) is 0 Å². The highest BCUT2D eigenvalue weighted by Crippen LogP contribution is 2.44. The van der Waals surface area contributed by atoms with E-state index in [9.17, 15) is 14.9 Å². The zero-order chi connectivity index (χ0) is 17.4. The number of rotatable bonds is 4. The molecule has 128 valence electrons. The van der Waals surface area contributed by atoms with Gasteiger partial charge in [0.25, 0.3) is 0 Å². The van der Waals surface area contributed by atoms with Crippen molar-refractivity contribution in [3.8, 4) is 5.75 Å². The Balaban J connectivity index is 2.09. The van der Waals surface area contributed by atoms with E-state index in [1.165, 1.54) is 13.2 Å². The quantitative estimate of drug-likeness (QED) is 0.274. The molecule has 0 saturated heterocycles. The molecule has 2 aliphatic heterocycles. The SMILES string of the molecule is CCOC(=O)C1=C2CCc3cc(OC)c([N+](=O)[O-])cc3N2C(Br)N1. The second kappa shape index (κ2) is 6.31. The highest BCUT2D eigenvalue weighted by Gasteiger charge is 2.39. The number of hydrogen-bond donors (Lipinski definition) is 1. The number of carbonyl (C=O) groups excluding carboxylic acids is 1. The largest absolute Gasteiger partial charge is 0.490 e. The Morgan fingerprint density at radius 1 is 1.50 bits per heavy atom. The summed E-state index contributed by atoms with van der Waals surface area (Å²) in [7, 11) is 1.41. The van der Waals surface area contributed by atoms with Crippen molar-refractivity contribution in [2.45, 2.75) is 24.8 Å². The van der Waals surface area contributed by atoms with Crippen LogP contribution in [-0.2, 0) is 16.0 Å². The number of halogens is 1. The van der Waals surface area contributed by atoms with Crippen LogP contribution >= 0.6 is 15.9 Å². The average molecular weight is 398 g/mol. The van der Waals surface area contributed by atoms with Crippen LogP contribution in [0.25, 0.3) is 0 Å². The number of allylic oxidation sites excluding steroid dienone is 1. The number of anilines is 1. The molecule has 1 unspecified atom stereocenters. The van der Waals surface area contributed by atoms with Gasteiger partial charge in [0.15, 0.2) is 10.8 Å². The highest BCUT2D eigenvalue weighted by atomic mass is 79.9. The molecule has 0 aliphatic carbocycles. The van der Waals surface area contributed by atoms with Crippen LogP contribution in [0.3, 0.4) is 0 Å². The number of fused-ring (bicyclic) bond motifs is 3. The molecule has 9 heteroatoms. The van der Waals surface area contributed by atoms with Crippen LogP contribution < -0.4 is 15.0 Å². The second-order valence-corrected chi connectivity index (χ2v) is 6.17. The van der Waals surface area contributed by atoms with Gasteiger partial charge >= 0.3 is 11.7 Å². The fourth-order valence-electron chi connectivity index (χ4n) is 3.00. The number of carbonyl (C=O) groups is 1. The predicted molar refractivity (Wildman–Crippen MR) is 90.0 cm³/mol. The Morgan fingerprint density at radius 2 is 2.25 bits per heavy atom. The first-order valence-corrected chi connectivity index (χ1v) is 8.34. The minimum Gasteiger partial charge on any atom is -0.490 e. The molecule has 24 heavy (non-hydrogen) atoms. The number of nitro groups is 1. The zero-order valence-electron chi connectivity index (χ0n) is 13.2. The first kappa shape index (κ1) is 16.6. The van der Waals surface area contributed by atoms with E-state index in [2.05, 4.69) is 21.2 Å².